The van der Waals surface area contributed by atoms with E-state index in [1.54, 1.807) is 12.1 Å². The van der Waals surface area contributed by atoms with Crippen LogP contribution in [0.4, 0.5) is 0 Å². The molecule has 2 N–H and O–H groups in total. The summed E-state index contributed by atoms with van der Waals surface area (Å²) in [5.41, 5.74) is -0.0719. The van der Waals surface area contributed by atoms with Gasteiger partial charge >= 0.3 is 0 Å². The molecule has 0 aliphatic heterocycles. The molecule has 1 aliphatic carbocycles. The molecule has 0 spiro atoms. The molecule has 118 valence electrons. The van der Waals surface area contributed by atoms with E-state index in [0.29, 0.717) is 0 Å². The molecule has 24 heavy (non-hydrogen) atoms. The number of carbonyl (C=O) groups is 2. The number of hydrogen-bond acceptors (Lipinski definition) is 4. The van der Waals surface area contributed by atoms with Crippen LogP contribution in [0.15, 0.2) is 36.4 Å². The average Bonchev–Trinajstić information content (AvgIpc) is 2.57. The zero-order valence-corrected chi connectivity index (χ0v) is 13.4. The first-order valence-electron chi connectivity index (χ1n) is 6.97. The Kier molecular flexibility index (Phi) is 3.10. The summed E-state index contributed by atoms with van der Waals surface area (Å²) in [6.45, 7) is 0. The van der Waals surface area contributed by atoms with Crippen molar-refractivity contribution in [3.63, 3.8) is 0 Å². The molecule has 0 heterocycles. The summed E-state index contributed by atoms with van der Waals surface area (Å²) in [5.74, 6) is -1.85. The Labute approximate surface area is 145 Å². The highest BCUT2D eigenvalue weighted by Gasteiger charge is 2.36. The largest absolute Gasteiger partial charge is 0.506 e. The van der Waals surface area contributed by atoms with Gasteiger partial charge < -0.3 is 10.2 Å². The summed E-state index contributed by atoms with van der Waals surface area (Å²) in [5, 5.41) is 21.8. The molecule has 0 saturated heterocycles. The summed E-state index contributed by atoms with van der Waals surface area (Å²) in [6.07, 6.45) is 0. The minimum Gasteiger partial charge on any atom is -0.506 e. The van der Waals surface area contributed by atoms with Gasteiger partial charge in [-0.25, -0.2) is 0 Å². The van der Waals surface area contributed by atoms with Gasteiger partial charge in [0.05, 0.1) is 21.2 Å². The molecular formula is C18H8Cl2O4. The van der Waals surface area contributed by atoms with Crippen LogP contribution in [0.3, 0.4) is 0 Å². The maximum absolute atomic E-state index is 12.7. The predicted octanol–water partition coefficient (Wildman–Crippen LogP) is 4.33. The lowest BCUT2D eigenvalue weighted by Gasteiger charge is -2.21. The lowest BCUT2D eigenvalue weighted by atomic mass is 9.81. The van der Waals surface area contributed by atoms with Crippen molar-refractivity contribution < 1.29 is 19.8 Å². The Morgan fingerprint density at radius 1 is 0.708 bits per heavy atom. The summed E-state index contributed by atoms with van der Waals surface area (Å²) >= 11 is 11.9. The van der Waals surface area contributed by atoms with Crippen LogP contribution in [-0.2, 0) is 0 Å². The smallest absolute Gasteiger partial charge is 0.198 e. The van der Waals surface area contributed by atoms with E-state index in [4.69, 9.17) is 23.2 Å². The molecule has 3 aromatic rings. The number of aromatic hydroxyl groups is 2. The second kappa shape index (κ2) is 4.97. The Bertz CT molecular complexity index is 1000. The molecule has 0 amide bonds. The van der Waals surface area contributed by atoms with Crippen molar-refractivity contribution in [3.05, 3.63) is 68.7 Å². The van der Waals surface area contributed by atoms with Crippen molar-refractivity contribution in [1.29, 1.82) is 0 Å². The highest BCUT2D eigenvalue weighted by atomic mass is 35.5. The Morgan fingerprint density at radius 2 is 1.08 bits per heavy atom. The van der Waals surface area contributed by atoms with Crippen LogP contribution in [0, 0.1) is 0 Å². The van der Waals surface area contributed by atoms with Gasteiger partial charge in [0.25, 0.3) is 0 Å². The van der Waals surface area contributed by atoms with Gasteiger partial charge in [-0.15, -0.1) is 0 Å². The van der Waals surface area contributed by atoms with Crippen LogP contribution in [0.5, 0.6) is 11.5 Å². The van der Waals surface area contributed by atoms with Crippen molar-refractivity contribution in [2.45, 2.75) is 0 Å². The van der Waals surface area contributed by atoms with E-state index >= 15 is 0 Å². The number of rotatable bonds is 0. The highest BCUT2D eigenvalue weighted by Crippen LogP contribution is 2.46. The van der Waals surface area contributed by atoms with Crippen molar-refractivity contribution in [3.8, 4) is 11.5 Å². The molecule has 0 bridgehead atoms. The zero-order valence-electron chi connectivity index (χ0n) is 11.9. The molecule has 0 atom stereocenters. The monoisotopic (exact) mass is 358 g/mol. The molecular weight excluding hydrogens is 351 g/mol. The van der Waals surface area contributed by atoms with Gasteiger partial charge in [0.1, 0.15) is 11.5 Å². The number of phenolic OH excluding ortho intramolecular Hbond substituents is 2. The summed E-state index contributed by atoms with van der Waals surface area (Å²) in [7, 11) is 0. The molecule has 3 aromatic carbocycles. The molecule has 0 fully saturated rings. The fraction of sp³-hybridized carbons (Fsp3) is 0. The number of carbonyl (C=O) groups excluding carboxylic acids is 2. The Balaban J connectivity index is 2.19. The topological polar surface area (TPSA) is 74.6 Å². The molecule has 4 nitrogen and oxygen atoms in total. The summed E-state index contributed by atoms with van der Waals surface area (Å²) < 4.78 is 0. The van der Waals surface area contributed by atoms with Crippen LogP contribution in [-0.4, -0.2) is 21.8 Å². The first kappa shape index (κ1) is 15.0. The minimum atomic E-state index is -0.527. The normalized spacial score (nSPS) is 13.1. The van der Waals surface area contributed by atoms with E-state index in [-0.39, 0.29) is 43.1 Å². The molecule has 4 rings (SSSR count). The minimum absolute atomic E-state index is 0.154. The lowest BCUT2D eigenvalue weighted by molar-refractivity contribution is 0.0974. The zero-order chi connectivity index (χ0) is 17.2. The third-order valence-corrected chi connectivity index (χ3v) is 4.89. The fourth-order valence-corrected chi connectivity index (χ4v) is 3.36. The van der Waals surface area contributed by atoms with Gasteiger partial charge in [-0.2, -0.15) is 0 Å². The second-order valence-electron chi connectivity index (χ2n) is 5.46. The number of hydrogen-bond donors (Lipinski definition) is 2. The molecule has 0 saturated carbocycles. The number of phenols is 2. The standard InChI is InChI=1S/C18H8Cl2O4/c19-11-5-9-10(6-12(11)20)18(24)14-13(17(9)23)15(21)7-3-1-2-4-8(7)16(14)22/h1-6,23-24H. The van der Waals surface area contributed by atoms with Crippen molar-refractivity contribution in [2.75, 3.05) is 0 Å². The Hall–Kier alpha value is -2.56. The van der Waals surface area contributed by atoms with E-state index in [9.17, 15) is 19.8 Å². The van der Waals surface area contributed by atoms with E-state index < -0.39 is 23.1 Å². The fourth-order valence-electron chi connectivity index (χ4n) is 3.04. The number of ketones is 2. The summed E-state index contributed by atoms with van der Waals surface area (Å²) in [6, 6.07) is 8.98. The first-order chi connectivity index (χ1) is 11.4. The molecule has 0 unspecified atom stereocenters. The van der Waals surface area contributed by atoms with Crippen molar-refractivity contribution >= 4 is 45.5 Å². The van der Waals surface area contributed by atoms with Crippen LogP contribution >= 0.6 is 23.2 Å². The van der Waals surface area contributed by atoms with Gasteiger partial charge in [0.15, 0.2) is 11.6 Å². The molecule has 1 aliphatic rings. The number of halogens is 2. The van der Waals surface area contributed by atoms with Crippen LogP contribution in [0.2, 0.25) is 10.0 Å². The number of fused-ring (bicyclic) bond motifs is 3. The third-order valence-electron chi connectivity index (χ3n) is 4.16. The predicted molar refractivity (Wildman–Crippen MR) is 90.6 cm³/mol. The average molecular weight is 359 g/mol. The Morgan fingerprint density at radius 3 is 1.46 bits per heavy atom. The quantitative estimate of drug-likeness (QED) is 0.458. The second-order valence-corrected chi connectivity index (χ2v) is 6.28. The lowest BCUT2D eigenvalue weighted by Crippen LogP contribution is -2.21. The van der Waals surface area contributed by atoms with Gasteiger partial charge in [-0.05, 0) is 12.1 Å². The van der Waals surface area contributed by atoms with Crippen LogP contribution < -0.4 is 0 Å². The van der Waals surface area contributed by atoms with Gasteiger partial charge in [0.2, 0.25) is 0 Å². The van der Waals surface area contributed by atoms with Crippen molar-refractivity contribution in [2.24, 2.45) is 0 Å². The molecule has 0 aromatic heterocycles. The van der Waals surface area contributed by atoms with Crippen molar-refractivity contribution in [1.82, 2.24) is 0 Å². The maximum atomic E-state index is 12.7. The summed E-state index contributed by atoms with van der Waals surface area (Å²) in [4.78, 5) is 25.5. The third kappa shape index (κ3) is 1.81. The molecule has 6 heteroatoms. The van der Waals surface area contributed by atoms with E-state index in [1.807, 2.05) is 0 Å². The van der Waals surface area contributed by atoms with E-state index in [2.05, 4.69) is 0 Å². The number of benzene rings is 3. The maximum Gasteiger partial charge on any atom is 0.198 e. The highest BCUT2D eigenvalue weighted by molar-refractivity contribution is 6.43. The van der Waals surface area contributed by atoms with Crippen LogP contribution in [0.1, 0.15) is 31.8 Å². The van der Waals surface area contributed by atoms with E-state index in [0.717, 1.165) is 0 Å². The molecule has 0 radical (unpaired) electrons. The van der Waals surface area contributed by atoms with Gasteiger partial charge in [0, 0.05) is 21.9 Å². The SMILES string of the molecule is O=C1c2ccccc2C(=O)c2c1c(O)c1cc(Cl)c(Cl)cc1c2O. The van der Waals surface area contributed by atoms with Gasteiger partial charge in [-0.1, -0.05) is 47.5 Å². The van der Waals surface area contributed by atoms with Crippen LogP contribution in [0.25, 0.3) is 10.8 Å². The van der Waals surface area contributed by atoms with Gasteiger partial charge in [-0.3, -0.25) is 9.59 Å². The first-order valence-corrected chi connectivity index (χ1v) is 7.72. The van der Waals surface area contributed by atoms with E-state index in [1.165, 1.54) is 24.3 Å².